The lowest BCUT2D eigenvalue weighted by Crippen LogP contribution is -2.28. The molecular formula is C2H6Cl2N2O2S. The van der Waals surface area contributed by atoms with E-state index in [1.54, 1.807) is 0 Å². The van der Waals surface area contributed by atoms with Gasteiger partial charge < -0.3 is 0 Å². The Morgan fingerprint density at radius 3 is 1.56 bits per heavy atom. The maximum Gasteiger partial charge on any atom is 0.309 e. The molecule has 0 fully saturated rings. The summed E-state index contributed by atoms with van der Waals surface area (Å²) in [5, 5.41) is 0. The highest BCUT2D eigenvalue weighted by Gasteiger charge is 2.19. The second kappa shape index (κ2) is 3.03. The Balaban J connectivity index is 4.42. The van der Waals surface area contributed by atoms with Gasteiger partial charge in [-0.2, -0.15) is 12.7 Å². The van der Waals surface area contributed by atoms with Crippen molar-refractivity contribution in [3.8, 4) is 0 Å². The Hall–Kier alpha value is 0.450. The van der Waals surface area contributed by atoms with E-state index >= 15 is 0 Å². The highest BCUT2D eigenvalue weighted by Crippen LogP contribution is 2.09. The molecule has 0 saturated heterocycles. The normalized spacial score (nSPS) is 13.1. The van der Waals surface area contributed by atoms with E-state index in [4.69, 9.17) is 23.6 Å². The van der Waals surface area contributed by atoms with Crippen molar-refractivity contribution in [2.75, 3.05) is 14.1 Å². The van der Waals surface area contributed by atoms with Gasteiger partial charge in [-0.25, -0.2) is 0 Å². The van der Waals surface area contributed by atoms with Crippen molar-refractivity contribution >= 4 is 33.8 Å². The summed E-state index contributed by atoms with van der Waals surface area (Å²) < 4.78 is 22.2. The van der Waals surface area contributed by atoms with Crippen molar-refractivity contribution in [3.05, 3.63) is 0 Å². The number of halogens is 2. The van der Waals surface area contributed by atoms with Gasteiger partial charge in [-0.05, 0) is 3.34 Å². The maximum atomic E-state index is 10.6. The van der Waals surface area contributed by atoms with Crippen LogP contribution in [0.15, 0.2) is 0 Å². The first-order valence-electron chi connectivity index (χ1n) is 1.93. The molecule has 9 heavy (non-hydrogen) atoms. The molecule has 4 nitrogen and oxygen atoms in total. The van der Waals surface area contributed by atoms with Gasteiger partial charge in [0.05, 0.1) is 0 Å². The average molecular weight is 193 g/mol. The molecule has 0 aromatic heterocycles. The van der Waals surface area contributed by atoms with Crippen molar-refractivity contribution in [3.63, 3.8) is 0 Å². The van der Waals surface area contributed by atoms with Crippen LogP contribution in [0.25, 0.3) is 0 Å². The standard InChI is InChI=1S/C2H6Cl2N2O2S/c1-5(2)9(7,8)6(3)4/h1-2H3. The van der Waals surface area contributed by atoms with Crippen molar-refractivity contribution in [1.29, 1.82) is 0 Å². The predicted octanol–water partition coefficient (Wildman–Crippen LogP) is 0.402. The highest BCUT2D eigenvalue weighted by molar-refractivity contribution is 7.88. The summed E-state index contributed by atoms with van der Waals surface area (Å²) in [4.78, 5) is 0. The van der Waals surface area contributed by atoms with Gasteiger partial charge >= 0.3 is 10.2 Å². The first-order valence-corrected chi connectivity index (χ1v) is 4.00. The van der Waals surface area contributed by atoms with Gasteiger partial charge in [-0.15, -0.1) is 0 Å². The molecule has 0 heterocycles. The van der Waals surface area contributed by atoms with Crippen LogP contribution in [0.2, 0.25) is 0 Å². The molecule has 0 radical (unpaired) electrons. The van der Waals surface area contributed by atoms with Gasteiger partial charge in [0.1, 0.15) is 0 Å². The Morgan fingerprint density at radius 1 is 1.22 bits per heavy atom. The fourth-order valence-corrected chi connectivity index (χ4v) is 1.11. The van der Waals surface area contributed by atoms with Crippen LogP contribution in [0.4, 0.5) is 0 Å². The number of nitrogens with zero attached hydrogens (tertiary/aromatic N) is 2. The van der Waals surface area contributed by atoms with Gasteiger partial charge in [-0.3, -0.25) is 0 Å². The van der Waals surface area contributed by atoms with Crippen LogP contribution >= 0.6 is 23.6 Å². The third-order valence-corrected chi connectivity index (χ3v) is 2.95. The lowest BCUT2D eigenvalue weighted by molar-refractivity contribution is 0.502. The zero-order valence-corrected chi connectivity index (χ0v) is 7.20. The summed E-state index contributed by atoms with van der Waals surface area (Å²) in [6.07, 6.45) is 0. The van der Waals surface area contributed by atoms with Gasteiger partial charge in [-0.1, -0.05) is 0 Å². The SMILES string of the molecule is CN(C)S(=O)(=O)N(Cl)Cl. The molecule has 0 aromatic carbocycles. The zero-order valence-electron chi connectivity index (χ0n) is 4.88. The van der Waals surface area contributed by atoms with E-state index in [2.05, 4.69) is 0 Å². The van der Waals surface area contributed by atoms with Crippen LogP contribution in [-0.4, -0.2) is 30.2 Å². The molecule has 0 aliphatic heterocycles. The first-order chi connectivity index (χ1) is 3.89. The molecule has 0 aromatic rings. The third kappa shape index (κ3) is 2.27. The van der Waals surface area contributed by atoms with Crippen LogP contribution < -0.4 is 0 Å². The molecule has 0 rings (SSSR count). The fourth-order valence-electron chi connectivity index (χ4n) is 0.123. The molecule has 0 N–H and O–H groups in total. The van der Waals surface area contributed by atoms with Crippen molar-refractivity contribution < 1.29 is 8.42 Å². The second-order valence-electron chi connectivity index (χ2n) is 1.46. The molecule has 0 atom stereocenters. The highest BCUT2D eigenvalue weighted by atomic mass is 35.5. The smallest absolute Gasteiger partial charge is 0.193 e. The van der Waals surface area contributed by atoms with Crippen LogP contribution in [0.5, 0.6) is 0 Å². The molecule has 0 amide bonds. The largest absolute Gasteiger partial charge is 0.309 e. The van der Waals surface area contributed by atoms with Crippen molar-refractivity contribution in [2.45, 2.75) is 0 Å². The van der Waals surface area contributed by atoms with Gasteiger partial charge in [0, 0.05) is 37.6 Å². The molecule has 0 unspecified atom stereocenters. The molecule has 0 bridgehead atoms. The summed E-state index contributed by atoms with van der Waals surface area (Å²) in [5.41, 5.74) is 0. The summed E-state index contributed by atoms with van der Waals surface area (Å²) in [5.74, 6) is 0. The molecule has 7 heteroatoms. The maximum absolute atomic E-state index is 10.6. The van der Waals surface area contributed by atoms with E-state index in [0.29, 0.717) is 0 Å². The monoisotopic (exact) mass is 192 g/mol. The van der Waals surface area contributed by atoms with Gasteiger partial charge in [0.15, 0.2) is 0 Å². The van der Waals surface area contributed by atoms with E-state index in [1.807, 2.05) is 0 Å². The Bertz CT molecular complexity index is 161. The average Bonchev–Trinajstić information content (AvgIpc) is 1.65. The van der Waals surface area contributed by atoms with E-state index in [9.17, 15) is 8.42 Å². The number of hydrogen-bond donors (Lipinski definition) is 0. The Labute approximate surface area is 64.3 Å². The molecule has 0 aliphatic rings. The predicted molar refractivity (Wildman–Crippen MR) is 36.2 cm³/mol. The van der Waals surface area contributed by atoms with E-state index in [0.717, 1.165) is 4.31 Å². The number of hydrogen-bond acceptors (Lipinski definition) is 2. The zero-order chi connectivity index (χ0) is 7.65. The summed E-state index contributed by atoms with van der Waals surface area (Å²) in [6.45, 7) is 0. The van der Waals surface area contributed by atoms with Crippen LogP contribution in [-0.2, 0) is 10.2 Å². The van der Waals surface area contributed by atoms with E-state index in [-0.39, 0.29) is 3.34 Å². The van der Waals surface area contributed by atoms with Crippen molar-refractivity contribution in [1.82, 2.24) is 7.65 Å². The summed E-state index contributed by atoms with van der Waals surface area (Å²) >= 11 is 9.87. The second-order valence-corrected chi connectivity index (χ2v) is 4.70. The molecular weight excluding hydrogens is 187 g/mol. The minimum atomic E-state index is -3.62. The van der Waals surface area contributed by atoms with Crippen LogP contribution in [0.1, 0.15) is 0 Å². The summed E-state index contributed by atoms with van der Waals surface area (Å²) in [7, 11) is -0.964. The minimum Gasteiger partial charge on any atom is -0.193 e. The molecule has 56 valence electrons. The minimum absolute atomic E-state index is 0.104. The topological polar surface area (TPSA) is 40.6 Å². The fraction of sp³-hybridized carbons (Fsp3) is 1.00. The van der Waals surface area contributed by atoms with Gasteiger partial charge in [0.2, 0.25) is 0 Å². The van der Waals surface area contributed by atoms with Crippen LogP contribution in [0, 0.1) is 0 Å². The quantitative estimate of drug-likeness (QED) is 0.595. The molecule has 0 aliphatic carbocycles. The van der Waals surface area contributed by atoms with Crippen molar-refractivity contribution in [2.24, 2.45) is 0 Å². The molecule has 0 saturated carbocycles. The Morgan fingerprint density at radius 2 is 1.56 bits per heavy atom. The first kappa shape index (κ1) is 9.45. The number of rotatable bonds is 2. The Kier molecular flexibility index (Phi) is 3.18. The third-order valence-electron chi connectivity index (χ3n) is 0.636. The van der Waals surface area contributed by atoms with Gasteiger partial charge in [0.25, 0.3) is 0 Å². The van der Waals surface area contributed by atoms with E-state index < -0.39 is 10.2 Å². The van der Waals surface area contributed by atoms with E-state index in [1.165, 1.54) is 14.1 Å². The summed E-state index contributed by atoms with van der Waals surface area (Å²) in [6, 6.07) is 0. The lowest BCUT2D eigenvalue weighted by atomic mass is 11.3. The van der Waals surface area contributed by atoms with Crippen LogP contribution in [0.3, 0.4) is 0 Å². The lowest BCUT2D eigenvalue weighted by Gasteiger charge is -2.11. The molecule has 0 spiro atoms.